The predicted octanol–water partition coefficient (Wildman–Crippen LogP) is 4.61. The summed E-state index contributed by atoms with van der Waals surface area (Å²) >= 11 is 0. The number of nitrogens with one attached hydrogen (secondary N) is 3. The smallest absolute Gasteiger partial charge is 0.319 e. The molecule has 0 saturated carbocycles. The molecular formula is C27H27N3O2. The minimum absolute atomic E-state index is 0.170. The molecule has 0 fully saturated rings. The van der Waals surface area contributed by atoms with Crippen molar-refractivity contribution in [3.05, 3.63) is 101 Å². The Bertz CT molecular complexity index is 1100. The number of amides is 3. The van der Waals surface area contributed by atoms with Crippen molar-refractivity contribution in [3.8, 4) is 0 Å². The van der Waals surface area contributed by atoms with Crippen molar-refractivity contribution in [2.24, 2.45) is 5.92 Å². The Labute approximate surface area is 188 Å². The van der Waals surface area contributed by atoms with E-state index in [0.717, 1.165) is 6.42 Å². The number of carbonyl (C=O) groups excluding carboxylic acids is 2. The maximum absolute atomic E-state index is 12.7. The van der Waals surface area contributed by atoms with Crippen LogP contribution in [0.3, 0.4) is 0 Å². The largest absolute Gasteiger partial charge is 0.354 e. The molecule has 0 aromatic heterocycles. The van der Waals surface area contributed by atoms with Crippen LogP contribution in [0.15, 0.2) is 78.9 Å². The summed E-state index contributed by atoms with van der Waals surface area (Å²) in [7, 11) is 0. The van der Waals surface area contributed by atoms with E-state index in [1.165, 1.54) is 22.3 Å². The third kappa shape index (κ3) is 3.75. The van der Waals surface area contributed by atoms with Crippen molar-refractivity contribution in [1.29, 1.82) is 0 Å². The van der Waals surface area contributed by atoms with E-state index >= 15 is 0 Å². The second-order valence-electron chi connectivity index (χ2n) is 8.72. The van der Waals surface area contributed by atoms with E-state index in [1.807, 2.05) is 18.2 Å². The normalized spacial score (nSPS) is 21.1. The molecule has 3 aromatic carbocycles. The highest BCUT2D eigenvalue weighted by Gasteiger charge is 2.42. The summed E-state index contributed by atoms with van der Waals surface area (Å²) in [5.74, 6) is 0.828. The molecule has 3 aliphatic rings. The first-order chi connectivity index (χ1) is 15.6. The van der Waals surface area contributed by atoms with E-state index in [1.54, 1.807) is 19.1 Å². The summed E-state index contributed by atoms with van der Waals surface area (Å²) in [5.41, 5.74) is 6.30. The third-order valence-corrected chi connectivity index (χ3v) is 6.73. The van der Waals surface area contributed by atoms with Crippen LogP contribution in [-0.4, -0.2) is 24.5 Å². The number of carbonyl (C=O) groups is 2. The van der Waals surface area contributed by atoms with E-state index in [0.29, 0.717) is 24.1 Å². The van der Waals surface area contributed by atoms with Gasteiger partial charge in [-0.1, -0.05) is 66.7 Å². The number of rotatable bonds is 5. The molecule has 0 radical (unpaired) electrons. The van der Waals surface area contributed by atoms with Crippen LogP contribution in [-0.2, 0) is 4.79 Å². The number of benzene rings is 3. The van der Waals surface area contributed by atoms with Crippen LogP contribution in [0.1, 0.15) is 47.4 Å². The molecule has 32 heavy (non-hydrogen) atoms. The highest BCUT2D eigenvalue weighted by atomic mass is 16.2. The third-order valence-electron chi connectivity index (χ3n) is 6.73. The highest BCUT2D eigenvalue weighted by molar-refractivity contribution is 5.93. The van der Waals surface area contributed by atoms with E-state index < -0.39 is 12.1 Å². The van der Waals surface area contributed by atoms with Crippen molar-refractivity contribution in [2.75, 3.05) is 11.9 Å². The second kappa shape index (κ2) is 8.50. The minimum atomic E-state index is -0.626. The molecule has 3 amide bonds. The molecule has 6 rings (SSSR count). The lowest BCUT2D eigenvalue weighted by molar-refractivity contribution is -0.122. The Morgan fingerprint density at radius 3 is 2.03 bits per heavy atom. The molecule has 3 aromatic rings. The van der Waals surface area contributed by atoms with Gasteiger partial charge >= 0.3 is 6.03 Å². The Hall–Kier alpha value is -3.60. The molecule has 2 atom stereocenters. The molecule has 0 heterocycles. The van der Waals surface area contributed by atoms with Gasteiger partial charge in [-0.3, -0.25) is 4.79 Å². The molecule has 3 aliphatic carbocycles. The topological polar surface area (TPSA) is 70.2 Å². The highest BCUT2D eigenvalue weighted by Crippen LogP contribution is 2.55. The van der Waals surface area contributed by atoms with Crippen molar-refractivity contribution in [2.45, 2.75) is 31.2 Å². The van der Waals surface area contributed by atoms with Crippen LogP contribution in [0.25, 0.3) is 0 Å². The first-order valence-corrected chi connectivity index (χ1v) is 11.2. The maximum atomic E-state index is 12.7. The summed E-state index contributed by atoms with van der Waals surface area (Å²) in [5, 5.41) is 8.55. The Morgan fingerprint density at radius 1 is 0.844 bits per heavy atom. The van der Waals surface area contributed by atoms with E-state index in [-0.39, 0.29) is 11.8 Å². The fraction of sp³-hybridized carbons (Fsp3) is 0.259. The summed E-state index contributed by atoms with van der Waals surface area (Å²) in [4.78, 5) is 24.9. The Kier molecular flexibility index (Phi) is 5.39. The number of hydrogen-bond donors (Lipinski definition) is 3. The van der Waals surface area contributed by atoms with Gasteiger partial charge in [-0.2, -0.15) is 0 Å². The summed E-state index contributed by atoms with van der Waals surface area (Å²) in [6, 6.07) is 25.6. The van der Waals surface area contributed by atoms with Gasteiger partial charge in [0.15, 0.2) is 0 Å². The average Bonchev–Trinajstić information content (AvgIpc) is 2.83. The van der Waals surface area contributed by atoms with Crippen LogP contribution in [0.5, 0.6) is 0 Å². The number of fused-ring (bicyclic) bond motifs is 1. The van der Waals surface area contributed by atoms with Crippen molar-refractivity contribution in [3.63, 3.8) is 0 Å². The summed E-state index contributed by atoms with van der Waals surface area (Å²) < 4.78 is 0. The van der Waals surface area contributed by atoms with Gasteiger partial charge in [0.25, 0.3) is 0 Å². The van der Waals surface area contributed by atoms with Crippen molar-refractivity contribution >= 4 is 17.6 Å². The van der Waals surface area contributed by atoms with Gasteiger partial charge in [0.05, 0.1) is 0 Å². The zero-order valence-corrected chi connectivity index (χ0v) is 18.0. The Balaban J connectivity index is 1.24. The molecule has 0 saturated heterocycles. The van der Waals surface area contributed by atoms with E-state index in [9.17, 15) is 9.59 Å². The van der Waals surface area contributed by atoms with Gasteiger partial charge in [0.1, 0.15) is 6.04 Å². The van der Waals surface area contributed by atoms with Crippen LogP contribution in [0, 0.1) is 5.92 Å². The molecule has 3 N–H and O–H groups in total. The van der Waals surface area contributed by atoms with Crippen molar-refractivity contribution in [1.82, 2.24) is 10.6 Å². The molecule has 0 aliphatic heterocycles. The quantitative estimate of drug-likeness (QED) is 0.559. The first-order valence-electron chi connectivity index (χ1n) is 11.2. The Morgan fingerprint density at radius 2 is 1.41 bits per heavy atom. The number of anilines is 1. The minimum Gasteiger partial charge on any atom is -0.354 e. The van der Waals surface area contributed by atoms with Gasteiger partial charge in [0, 0.05) is 24.1 Å². The zero-order valence-electron chi connectivity index (χ0n) is 18.0. The van der Waals surface area contributed by atoms with Crippen LogP contribution in [0.2, 0.25) is 0 Å². The van der Waals surface area contributed by atoms with Gasteiger partial charge in [0.2, 0.25) is 5.91 Å². The van der Waals surface area contributed by atoms with Gasteiger partial charge in [-0.05, 0) is 53.6 Å². The summed E-state index contributed by atoms with van der Waals surface area (Å²) in [6.45, 7) is 2.30. The number of urea groups is 1. The maximum Gasteiger partial charge on any atom is 0.319 e. The van der Waals surface area contributed by atoms with Crippen LogP contribution >= 0.6 is 0 Å². The molecule has 0 spiro atoms. The monoisotopic (exact) mass is 425 g/mol. The molecule has 5 heteroatoms. The van der Waals surface area contributed by atoms with Gasteiger partial charge in [-0.25, -0.2) is 4.79 Å². The standard InChI is InChI=1S/C27H27N3O2/c1-17(29-27(32)30-19-9-3-2-4-10-19)26(31)28-16-18-15-24-20-11-5-7-13-22(20)25(18)23-14-8-6-12-21(23)24/h2-14,17-18,24-25H,15-16H2,1H3,(H,28,31)(H2,29,30,32)/t17-,18+,24?,25?/m1/s1. The predicted molar refractivity (Wildman–Crippen MR) is 126 cm³/mol. The van der Waals surface area contributed by atoms with Gasteiger partial charge in [-0.15, -0.1) is 0 Å². The van der Waals surface area contributed by atoms with Gasteiger partial charge < -0.3 is 16.0 Å². The average molecular weight is 426 g/mol. The lowest BCUT2D eigenvalue weighted by atomic mass is 9.59. The van der Waals surface area contributed by atoms with E-state index in [4.69, 9.17) is 0 Å². The lowest BCUT2D eigenvalue weighted by Crippen LogP contribution is -2.48. The lowest BCUT2D eigenvalue weighted by Gasteiger charge is -2.45. The molecule has 2 bridgehead atoms. The van der Waals surface area contributed by atoms with Crippen LogP contribution in [0.4, 0.5) is 10.5 Å². The molecular weight excluding hydrogens is 398 g/mol. The van der Waals surface area contributed by atoms with E-state index in [2.05, 4.69) is 64.5 Å². The molecule has 162 valence electrons. The fourth-order valence-electron chi connectivity index (χ4n) is 5.30. The summed E-state index contributed by atoms with van der Waals surface area (Å²) in [6.07, 6.45) is 1.02. The zero-order chi connectivity index (χ0) is 22.1. The fourth-order valence-corrected chi connectivity index (χ4v) is 5.30. The first kappa shape index (κ1) is 20.3. The van der Waals surface area contributed by atoms with Crippen LogP contribution < -0.4 is 16.0 Å². The number of para-hydroxylation sites is 1. The van der Waals surface area contributed by atoms with Crippen molar-refractivity contribution < 1.29 is 9.59 Å². The second-order valence-corrected chi connectivity index (χ2v) is 8.72. The molecule has 0 unspecified atom stereocenters. The molecule has 5 nitrogen and oxygen atoms in total. The number of hydrogen-bond acceptors (Lipinski definition) is 2. The SMILES string of the molecule is C[C@@H](NC(=O)Nc1ccccc1)C(=O)NC[C@@H]1CC2c3ccccc3C1c1ccccc12.